The monoisotopic (exact) mass is 432 g/mol. The largest absolute Gasteiger partial charge is 0.573 e. The van der Waals surface area contributed by atoms with Crippen molar-refractivity contribution in [1.29, 1.82) is 0 Å². The number of benzene rings is 2. The molecule has 0 aliphatic rings. The highest BCUT2D eigenvalue weighted by atomic mass is 32.2. The van der Waals surface area contributed by atoms with Gasteiger partial charge in [-0.15, -0.1) is 13.2 Å². The van der Waals surface area contributed by atoms with Gasteiger partial charge in [-0.3, -0.25) is 9.52 Å². The molecule has 0 aromatic heterocycles. The first-order valence-corrected chi connectivity index (χ1v) is 9.72. The van der Waals surface area contributed by atoms with Crippen molar-refractivity contribution in [3.05, 3.63) is 48.5 Å². The average molecular weight is 432 g/mol. The Morgan fingerprint density at radius 2 is 1.66 bits per heavy atom. The summed E-state index contributed by atoms with van der Waals surface area (Å²) >= 11 is 0. The number of ether oxygens (including phenoxy) is 1. The zero-order chi connectivity index (χ0) is 21.9. The minimum atomic E-state index is -4.94. The van der Waals surface area contributed by atoms with Gasteiger partial charge in [-0.2, -0.15) is 0 Å². The predicted octanol–water partition coefficient (Wildman–Crippen LogP) is 3.34. The molecule has 0 spiro atoms. The number of aliphatic hydroxyl groups is 1. The summed E-state index contributed by atoms with van der Waals surface area (Å²) in [7, 11) is -4.17. The molecule has 0 unspecified atom stereocenters. The molecule has 29 heavy (non-hydrogen) atoms. The summed E-state index contributed by atoms with van der Waals surface area (Å²) in [5, 5.41) is 11.8. The molecule has 0 heterocycles. The lowest BCUT2D eigenvalue weighted by atomic mass is 9.93. The van der Waals surface area contributed by atoms with E-state index in [4.69, 9.17) is 0 Å². The molecule has 0 aliphatic heterocycles. The second-order valence-electron chi connectivity index (χ2n) is 6.70. The number of rotatable bonds is 7. The molecule has 2 rings (SSSR count). The van der Waals surface area contributed by atoms with E-state index in [1.165, 1.54) is 24.3 Å². The van der Waals surface area contributed by atoms with Crippen LogP contribution in [0.2, 0.25) is 0 Å². The highest BCUT2D eigenvalue weighted by Gasteiger charge is 2.31. The van der Waals surface area contributed by atoms with Crippen LogP contribution in [0.25, 0.3) is 0 Å². The number of aliphatic hydroxyl groups excluding tert-OH is 1. The van der Waals surface area contributed by atoms with Gasteiger partial charge in [-0.25, -0.2) is 8.42 Å². The van der Waals surface area contributed by atoms with Crippen molar-refractivity contribution in [3.8, 4) is 5.75 Å². The first-order valence-electron chi connectivity index (χ1n) is 8.23. The number of anilines is 2. The van der Waals surface area contributed by atoms with E-state index in [2.05, 4.69) is 14.8 Å². The second kappa shape index (κ2) is 8.29. The number of halogens is 3. The SMILES string of the molecule is CC(C)(CO)C(=O)Nc1ccc(NS(=O)(=O)c2cccc(OC(F)(F)F)c2)cc1. The first kappa shape index (κ1) is 22.5. The van der Waals surface area contributed by atoms with Crippen LogP contribution >= 0.6 is 0 Å². The number of alkyl halides is 3. The normalized spacial score (nSPS) is 12.3. The van der Waals surface area contributed by atoms with Crippen molar-refractivity contribution in [2.45, 2.75) is 25.1 Å². The van der Waals surface area contributed by atoms with Crippen LogP contribution in [0.3, 0.4) is 0 Å². The zero-order valence-corrected chi connectivity index (χ0v) is 16.3. The van der Waals surface area contributed by atoms with E-state index in [0.717, 1.165) is 24.3 Å². The van der Waals surface area contributed by atoms with Crippen LogP contribution in [0.15, 0.2) is 53.4 Å². The van der Waals surface area contributed by atoms with Gasteiger partial charge in [0, 0.05) is 17.4 Å². The van der Waals surface area contributed by atoms with E-state index in [-0.39, 0.29) is 12.3 Å². The lowest BCUT2D eigenvalue weighted by Crippen LogP contribution is -2.33. The Bertz CT molecular complexity index is 974. The van der Waals surface area contributed by atoms with Crippen LogP contribution in [0, 0.1) is 5.41 Å². The van der Waals surface area contributed by atoms with Crippen molar-refractivity contribution < 1.29 is 36.2 Å². The molecule has 2 aromatic carbocycles. The molecule has 0 radical (unpaired) electrons. The Morgan fingerprint density at radius 3 is 2.21 bits per heavy atom. The molecule has 0 bridgehead atoms. The smallest absolute Gasteiger partial charge is 0.406 e. The third-order valence-electron chi connectivity index (χ3n) is 3.75. The molecule has 0 saturated carbocycles. The highest BCUT2D eigenvalue weighted by molar-refractivity contribution is 7.92. The molecule has 11 heteroatoms. The van der Waals surface area contributed by atoms with Gasteiger partial charge < -0.3 is 15.2 Å². The van der Waals surface area contributed by atoms with Gasteiger partial charge in [0.05, 0.1) is 16.9 Å². The van der Waals surface area contributed by atoms with Crippen LogP contribution in [0.1, 0.15) is 13.8 Å². The summed E-state index contributed by atoms with van der Waals surface area (Å²) in [6.45, 7) is 2.76. The van der Waals surface area contributed by atoms with Crippen molar-refractivity contribution in [1.82, 2.24) is 0 Å². The lowest BCUT2D eigenvalue weighted by molar-refractivity contribution is -0.274. The Morgan fingerprint density at radius 1 is 1.07 bits per heavy atom. The first-order chi connectivity index (χ1) is 13.3. The Kier molecular flexibility index (Phi) is 6.43. The second-order valence-corrected chi connectivity index (χ2v) is 8.38. The summed E-state index contributed by atoms with van der Waals surface area (Å²) in [5.41, 5.74) is -0.490. The third kappa shape index (κ3) is 6.36. The van der Waals surface area contributed by atoms with Crippen LogP contribution in [0.4, 0.5) is 24.5 Å². The molecule has 3 N–H and O–H groups in total. The molecule has 1 amide bonds. The number of carbonyl (C=O) groups excluding carboxylic acids is 1. The fraction of sp³-hybridized carbons (Fsp3) is 0.278. The third-order valence-corrected chi connectivity index (χ3v) is 5.13. The molecule has 0 fully saturated rings. The molecule has 0 saturated heterocycles. The zero-order valence-electron chi connectivity index (χ0n) is 15.4. The Balaban J connectivity index is 2.13. The quantitative estimate of drug-likeness (QED) is 0.623. The molecule has 2 aromatic rings. The van der Waals surface area contributed by atoms with E-state index in [0.29, 0.717) is 5.69 Å². The Hall–Kier alpha value is -2.79. The minimum absolute atomic E-state index is 0.131. The number of nitrogens with one attached hydrogen (secondary N) is 2. The van der Waals surface area contributed by atoms with Crippen LogP contribution in [0.5, 0.6) is 5.75 Å². The van der Waals surface area contributed by atoms with Gasteiger partial charge in [-0.05, 0) is 50.2 Å². The number of hydrogen-bond acceptors (Lipinski definition) is 5. The maximum Gasteiger partial charge on any atom is 0.573 e. The molecule has 7 nitrogen and oxygen atoms in total. The fourth-order valence-electron chi connectivity index (χ4n) is 2.05. The van der Waals surface area contributed by atoms with Crippen molar-refractivity contribution in [3.63, 3.8) is 0 Å². The van der Waals surface area contributed by atoms with Crippen LogP contribution in [-0.4, -0.2) is 32.4 Å². The number of carbonyl (C=O) groups is 1. The van der Waals surface area contributed by atoms with Gasteiger partial charge in [0.1, 0.15) is 5.75 Å². The Labute approximate surface area is 165 Å². The summed E-state index contributed by atoms with van der Waals surface area (Å²) in [4.78, 5) is 11.6. The maximum atomic E-state index is 12.4. The summed E-state index contributed by atoms with van der Waals surface area (Å²) < 4.78 is 67.7. The van der Waals surface area contributed by atoms with Gasteiger partial charge >= 0.3 is 6.36 Å². The van der Waals surface area contributed by atoms with Crippen molar-refractivity contribution in [2.75, 3.05) is 16.6 Å². The van der Waals surface area contributed by atoms with Crippen molar-refractivity contribution in [2.24, 2.45) is 5.41 Å². The van der Waals surface area contributed by atoms with E-state index < -0.39 is 38.4 Å². The molecule has 158 valence electrons. The maximum absolute atomic E-state index is 12.4. The van der Waals surface area contributed by atoms with Gasteiger partial charge in [-0.1, -0.05) is 6.07 Å². The van der Waals surface area contributed by atoms with Crippen LogP contribution in [-0.2, 0) is 14.8 Å². The average Bonchev–Trinajstić information content (AvgIpc) is 2.62. The van der Waals surface area contributed by atoms with Gasteiger partial charge in [0.25, 0.3) is 10.0 Å². The minimum Gasteiger partial charge on any atom is -0.406 e. The van der Waals surface area contributed by atoms with Gasteiger partial charge in [0.2, 0.25) is 5.91 Å². The summed E-state index contributed by atoms with van der Waals surface area (Å²) in [5.74, 6) is -1.08. The van der Waals surface area contributed by atoms with Crippen molar-refractivity contribution >= 4 is 27.3 Å². The number of sulfonamides is 1. The standard InChI is InChI=1S/C18H19F3N2O5S/c1-17(2,11-24)16(25)22-12-6-8-13(9-7-12)23-29(26,27)15-5-3-4-14(10-15)28-18(19,20)21/h3-10,23-24H,11H2,1-2H3,(H,22,25). The van der Waals surface area contributed by atoms with E-state index >= 15 is 0 Å². The number of amides is 1. The summed E-state index contributed by atoms with van der Waals surface area (Å²) in [6, 6.07) is 9.59. The van der Waals surface area contributed by atoms with E-state index in [1.54, 1.807) is 13.8 Å². The fourth-order valence-corrected chi connectivity index (χ4v) is 3.14. The molecule has 0 atom stereocenters. The highest BCUT2D eigenvalue weighted by Crippen LogP contribution is 2.26. The molecular formula is C18H19F3N2O5S. The van der Waals surface area contributed by atoms with Gasteiger partial charge in [0.15, 0.2) is 0 Å². The summed E-state index contributed by atoms with van der Waals surface area (Å²) in [6.07, 6.45) is -4.94. The van der Waals surface area contributed by atoms with E-state index in [1.807, 2.05) is 0 Å². The predicted molar refractivity (Wildman–Crippen MR) is 99.9 cm³/mol. The van der Waals surface area contributed by atoms with E-state index in [9.17, 15) is 31.5 Å². The molecular weight excluding hydrogens is 413 g/mol. The molecule has 0 aliphatic carbocycles. The van der Waals surface area contributed by atoms with Crippen LogP contribution < -0.4 is 14.8 Å². The lowest BCUT2D eigenvalue weighted by Gasteiger charge is -2.20. The number of hydrogen-bond donors (Lipinski definition) is 3. The topological polar surface area (TPSA) is 105 Å².